The number of hydrogen-bond acceptors (Lipinski definition) is 3. The van der Waals surface area contributed by atoms with E-state index in [0.717, 1.165) is 0 Å². The van der Waals surface area contributed by atoms with Crippen molar-refractivity contribution in [2.45, 2.75) is 25.5 Å². The van der Waals surface area contributed by atoms with Crippen molar-refractivity contribution in [1.29, 1.82) is 0 Å². The van der Waals surface area contributed by atoms with Crippen molar-refractivity contribution in [2.24, 2.45) is 0 Å². The van der Waals surface area contributed by atoms with Crippen LogP contribution in [-0.2, 0) is 9.59 Å². The van der Waals surface area contributed by atoms with Crippen molar-refractivity contribution >= 4 is 11.9 Å². The van der Waals surface area contributed by atoms with E-state index in [4.69, 9.17) is 5.11 Å². The van der Waals surface area contributed by atoms with Crippen LogP contribution in [0.25, 0.3) is 0 Å². The molecule has 0 bridgehead atoms. The number of aliphatic hydroxyl groups excluding tert-OH is 1. The molecule has 0 saturated carbocycles. The van der Waals surface area contributed by atoms with Crippen LogP contribution in [-0.4, -0.2) is 28.2 Å². The van der Waals surface area contributed by atoms with Crippen LogP contribution in [0.5, 0.6) is 0 Å². The highest BCUT2D eigenvalue weighted by Crippen LogP contribution is 2.18. The molecule has 1 aromatic carbocycles. The number of aliphatic carboxylic acids is 1. The molecule has 0 aliphatic heterocycles. The lowest BCUT2D eigenvalue weighted by atomic mass is 9.99. The Labute approximate surface area is 99.1 Å². The molecule has 0 heterocycles. The van der Waals surface area contributed by atoms with E-state index in [0.29, 0.717) is 5.56 Å². The first-order valence-electron chi connectivity index (χ1n) is 5.22. The molecule has 0 saturated heterocycles. The zero-order valence-electron chi connectivity index (χ0n) is 9.46. The lowest BCUT2D eigenvalue weighted by molar-refractivity contribution is -0.140. The molecule has 0 spiro atoms. The molecule has 0 aliphatic carbocycles. The van der Waals surface area contributed by atoms with E-state index in [1.165, 1.54) is 6.92 Å². The number of carboxylic acids is 1. The maximum absolute atomic E-state index is 11.0. The van der Waals surface area contributed by atoms with E-state index in [2.05, 4.69) is 5.32 Å². The Kier molecular flexibility index (Phi) is 4.66. The summed E-state index contributed by atoms with van der Waals surface area (Å²) in [6.45, 7) is 1.32. The van der Waals surface area contributed by atoms with E-state index in [9.17, 15) is 14.7 Å². The van der Waals surface area contributed by atoms with Gasteiger partial charge in [-0.05, 0) is 5.56 Å². The lowest BCUT2D eigenvalue weighted by Crippen LogP contribution is -2.36. The number of carbonyl (C=O) groups is 2. The summed E-state index contributed by atoms with van der Waals surface area (Å²) in [5.74, 6) is -1.42. The summed E-state index contributed by atoms with van der Waals surface area (Å²) >= 11 is 0. The van der Waals surface area contributed by atoms with E-state index < -0.39 is 24.5 Å². The number of amides is 1. The van der Waals surface area contributed by atoms with Crippen LogP contribution in [0.3, 0.4) is 0 Å². The lowest BCUT2D eigenvalue weighted by Gasteiger charge is -2.22. The van der Waals surface area contributed by atoms with Crippen molar-refractivity contribution in [1.82, 2.24) is 5.32 Å². The van der Waals surface area contributed by atoms with E-state index >= 15 is 0 Å². The minimum Gasteiger partial charge on any atom is -0.481 e. The standard InChI is InChI=1S/C12H15NO4/c1-8(14)13-12(10(15)7-11(16)17)9-5-3-2-4-6-9/h2-6,10,12,15H,7H2,1H3,(H,13,14)(H,16,17)/t10-,12?/m1/s1. The first-order chi connectivity index (χ1) is 8.00. The second-order valence-corrected chi connectivity index (χ2v) is 3.75. The topological polar surface area (TPSA) is 86.6 Å². The maximum Gasteiger partial charge on any atom is 0.306 e. The second-order valence-electron chi connectivity index (χ2n) is 3.75. The van der Waals surface area contributed by atoms with Gasteiger partial charge in [-0.2, -0.15) is 0 Å². The van der Waals surface area contributed by atoms with Gasteiger partial charge in [-0.3, -0.25) is 9.59 Å². The fraction of sp³-hybridized carbons (Fsp3) is 0.333. The first kappa shape index (κ1) is 13.2. The molecule has 0 aliphatic rings. The summed E-state index contributed by atoms with van der Waals surface area (Å²) in [6, 6.07) is 8.08. The summed E-state index contributed by atoms with van der Waals surface area (Å²) in [6.07, 6.45) is -1.57. The molecule has 92 valence electrons. The predicted molar refractivity (Wildman–Crippen MR) is 61.3 cm³/mol. The highest BCUT2D eigenvalue weighted by atomic mass is 16.4. The molecule has 0 aromatic heterocycles. The van der Waals surface area contributed by atoms with Gasteiger partial charge in [-0.1, -0.05) is 30.3 Å². The van der Waals surface area contributed by atoms with Crippen molar-refractivity contribution in [2.75, 3.05) is 0 Å². The highest BCUT2D eigenvalue weighted by molar-refractivity contribution is 5.74. The number of carboxylic acid groups (broad SMARTS) is 1. The molecular weight excluding hydrogens is 222 g/mol. The van der Waals surface area contributed by atoms with Crippen LogP contribution in [0.4, 0.5) is 0 Å². The minimum atomic E-state index is -1.15. The Morgan fingerprint density at radius 2 is 1.88 bits per heavy atom. The van der Waals surface area contributed by atoms with Gasteiger partial charge in [-0.15, -0.1) is 0 Å². The number of aliphatic hydroxyl groups is 1. The maximum atomic E-state index is 11.0. The minimum absolute atomic E-state index is 0.316. The third-order valence-electron chi connectivity index (χ3n) is 2.29. The zero-order chi connectivity index (χ0) is 12.8. The van der Waals surface area contributed by atoms with Crippen LogP contribution < -0.4 is 5.32 Å². The van der Waals surface area contributed by atoms with Crippen molar-refractivity contribution in [3.63, 3.8) is 0 Å². The molecule has 1 aromatic rings. The molecule has 0 fully saturated rings. The average Bonchev–Trinajstić information content (AvgIpc) is 2.25. The third-order valence-corrected chi connectivity index (χ3v) is 2.29. The molecular formula is C12H15NO4. The summed E-state index contributed by atoms with van der Waals surface area (Å²) in [7, 11) is 0. The number of rotatable bonds is 5. The van der Waals surface area contributed by atoms with Gasteiger partial charge >= 0.3 is 5.97 Å². The Hall–Kier alpha value is -1.88. The van der Waals surface area contributed by atoms with Gasteiger partial charge in [0.15, 0.2) is 0 Å². The molecule has 0 radical (unpaired) electrons. The van der Waals surface area contributed by atoms with Crippen molar-refractivity contribution in [3.8, 4) is 0 Å². The van der Waals surface area contributed by atoms with E-state index in [1.54, 1.807) is 30.3 Å². The van der Waals surface area contributed by atoms with E-state index in [1.807, 2.05) is 0 Å². The molecule has 5 nitrogen and oxygen atoms in total. The van der Waals surface area contributed by atoms with Gasteiger partial charge in [-0.25, -0.2) is 0 Å². The molecule has 3 N–H and O–H groups in total. The Morgan fingerprint density at radius 1 is 1.29 bits per heavy atom. The van der Waals surface area contributed by atoms with Crippen LogP contribution in [0.1, 0.15) is 24.9 Å². The van der Waals surface area contributed by atoms with Crippen molar-refractivity contribution < 1.29 is 19.8 Å². The van der Waals surface area contributed by atoms with Gasteiger partial charge in [0, 0.05) is 6.92 Å². The molecule has 2 atom stereocenters. The zero-order valence-corrected chi connectivity index (χ0v) is 9.46. The molecule has 5 heteroatoms. The van der Waals surface area contributed by atoms with Crippen LogP contribution in [0, 0.1) is 0 Å². The number of nitrogens with one attached hydrogen (secondary N) is 1. The smallest absolute Gasteiger partial charge is 0.306 e. The van der Waals surface area contributed by atoms with Gasteiger partial charge in [0.2, 0.25) is 5.91 Å². The second kappa shape index (κ2) is 6.00. The highest BCUT2D eigenvalue weighted by Gasteiger charge is 2.23. The molecule has 1 amide bonds. The van der Waals surface area contributed by atoms with E-state index in [-0.39, 0.29) is 5.91 Å². The number of hydrogen-bond donors (Lipinski definition) is 3. The van der Waals surface area contributed by atoms with Gasteiger partial charge < -0.3 is 15.5 Å². The summed E-state index contributed by atoms with van der Waals surface area (Å²) in [5.41, 5.74) is 0.677. The number of carbonyl (C=O) groups excluding carboxylic acids is 1. The fourth-order valence-corrected chi connectivity index (χ4v) is 1.58. The average molecular weight is 237 g/mol. The van der Waals surface area contributed by atoms with Gasteiger partial charge in [0.05, 0.1) is 18.6 Å². The van der Waals surface area contributed by atoms with Crippen molar-refractivity contribution in [3.05, 3.63) is 35.9 Å². The van der Waals surface area contributed by atoms with Crippen LogP contribution in [0.2, 0.25) is 0 Å². The summed E-state index contributed by atoms with van der Waals surface area (Å²) in [4.78, 5) is 21.6. The van der Waals surface area contributed by atoms with Gasteiger partial charge in [0.1, 0.15) is 0 Å². The molecule has 1 rings (SSSR count). The third kappa shape index (κ3) is 4.24. The van der Waals surface area contributed by atoms with Crippen LogP contribution >= 0.6 is 0 Å². The fourth-order valence-electron chi connectivity index (χ4n) is 1.58. The van der Waals surface area contributed by atoms with Crippen LogP contribution in [0.15, 0.2) is 30.3 Å². The summed E-state index contributed by atoms with van der Waals surface area (Å²) in [5, 5.41) is 21.0. The SMILES string of the molecule is CC(=O)NC(c1ccccc1)[C@H](O)CC(=O)O. The molecule has 17 heavy (non-hydrogen) atoms. The first-order valence-corrected chi connectivity index (χ1v) is 5.22. The van der Waals surface area contributed by atoms with Gasteiger partial charge in [0.25, 0.3) is 0 Å². The predicted octanol–water partition coefficient (Wildman–Crippen LogP) is 0.699. The normalized spacial score (nSPS) is 13.8. The number of benzene rings is 1. The quantitative estimate of drug-likeness (QED) is 0.703. The summed E-state index contributed by atoms with van der Waals surface area (Å²) < 4.78 is 0. The Morgan fingerprint density at radius 3 is 2.35 bits per heavy atom. The Balaban J connectivity index is 2.87. The molecule has 1 unspecified atom stereocenters. The Bertz CT molecular complexity index is 391. The largest absolute Gasteiger partial charge is 0.481 e. The monoisotopic (exact) mass is 237 g/mol.